The van der Waals surface area contributed by atoms with Crippen LogP contribution in [0.3, 0.4) is 0 Å². The molecule has 0 radical (unpaired) electrons. The van der Waals surface area contributed by atoms with E-state index in [4.69, 9.17) is 4.98 Å². The molecule has 1 aromatic rings. The minimum absolute atomic E-state index is 0.00431. The van der Waals surface area contributed by atoms with Crippen molar-refractivity contribution in [3.8, 4) is 0 Å². The molecule has 1 fully saturated rings. The predicted molar refractivity (Wildman–Crippen MR) is 57.8 cm³/mol. The topological polar surface area (TPSA) is 38.0 Å². The minimum Gasteiger partial charge on any atom is -0.392 e. The van der Waals surface area contributed by atoms with Crippen LogP contribution in [0, 0.1) is 0 Å². The van der Waals surface area contributed by atoms with Crippen molar-refractivity contribution >= 4 is 0 Å². The number of aryl methyl sites for hydroxylation is 2. The number of aliphatic hydroxyl groups is 1. The third-order valence-electron chi connectivity index (χ3n) is 4.01. The van der Waals surface area contributed by atoms with E-state index < -0.39 is 0 Å². The first kappa shape index (κ1) is 9.40. The van der Waals surface area contributed by atoms with Crippen LogP contribution in [0.4, 0.5) is 0 Å². The summed E-state index contributed by atoms with van der Waals surface area (Å²) in [6, 6.07) is 0. The van der Waals surface area contributed by atoms with Gasteiger partial charge in [0.05, 0.1) is 11.8 Å². The van der Waals surface area contributed by atoms with Gasteiger partial charge in [0, 0.05) is 24.6 Å². The summed E-state index contributed by atoms with van der Waals surface area (Å²) in [6.45, 7) is 3.00. The summed E-state index contributed by atoms with van der Waals surface area (Å²) < 4.78 is 2.28. The van der Waals surface area contributed by atoms with Gasteiger partial charge in [0.1, 0.15) is 5.82 Å². The molecule has 2 heterocycles. The van der Waals surface area contributed by atoms with Crippen molar-refractivity contribution in [3.05, 3.63) is 17.7 Å². The molecule has 3 rings (SSSR count). The summed E-state index contributed by atoms with van der Waals surface area (Å²) in [7, 11) is 0. The van der Waals surface area contributed by atoms with Crippen molar-refractivity contribution in [1.29, 1.82) is 0 Å². The highest BCUT2D eigenvalue weighted by atomic mass is 16.3. The van der Waals surface area contributed by atoms with E-state index in [1.165, 1.54) is 18.7 Å². The van der Waals surface area contributed by atoms with E-state index >= 15 is 0 Å². The predicted octanol–water partition coefficient (Wildman–Crippen LogP) is 1.63. The molecule has 3 heteroatoms. The highest BCUT2D eigenvalue weighted by Crippen LogP contribution is 2.50. The maximum absolute atomic E-state index is 9.81. The fraction of sp³-hybridized carbons (Fsp3) is 0.750. The number of hydrogen-bond acceptors (Lipinski definition) is 2. The Morgan fingerprint density at radius 3 is 2.87 bits per heavy atom. The Balaban J connectivity index is 1.96. The van der Waals surface area contributed by atoms with Crippen LogP contribution >= 0.6 is 0 Å². The van der Waals surface area contributed by atoms with Gasteiger partial charge in [-0.3, -0.25) is 0 Å². The zero-order valence-corrected chi connectivity index (χ0v) is 9.24. The molecule has 0 aromatic carbocycles. The van der Waals surface area contributed by atoms with Crippen molar-refractivity contribution in [2.24, 2.45) is 0 Å². The largest absolute Gasteiger partial charge is 0.392 e. The summed E-state index contributed by atoms with van der Waals surface area (Å²) in [5.41, 5.74) is 1.14. The van der Waals surface area contributed by atoms with E-state index in [2.05, 4.69) is 10.8 Å². The standard InChI is InChI=1S/C12H18N2O/c1-9(15)12(5-6-12)10-8-14-7-3-2-4-11(14)13-10/h8-9,15H,2-7H2,1H3. The average molecular weight is 206 g/mol. The van der Waals surface area contributed by atoms with E-state index in [1.807, 2.05) is 6.92 Å². The van der Waals surface area contributed by atoms with Crippen molar-refractivity contribution in [2.45, 2.75) is 57.1 Å². The number of fused-ring (bicyclic) bond motifs is 1. The zero-order chi connectivity index (χ0) is 10.5. The molecule has 0 spiro atoms. The van der Waals surface area contributed by atoms with E-state index in [-0.39, 0.29) is 11.5 Å². The molecule has 0 bridgehead atoms. The summed E-state index contributed by atoms with van der Waals surface area (Å²) in [6.07, 6.45) is 7.75. The quantitative estimate of drug-likeness (QED) is 0.798. The molecule has 82 valence electrons. The number of aliphatic hydroxyl groups excluding tert-OH is 1. The lowest BCUT2D eigenvalue weighted by atomic mass is 9.97. The van der Waals surface area contributed by atoms with Crippen LogP contribution in [0.15, 0.2) is 6.20 Å². The van der Waals surface area contributed by atoms with Crippen LogP contribution in [0.2, 0.25) is 0 Å². The van der Waals surface area contributed by atoms with Crippen molar-refractivity contribution in [2.75, 3.05) is 0 Å². The van der Waals surface area contributed by atoms with Crippen LogP contribution in [-0.4, -0.2) is 20.8 Å². The summed E-state index contributed by atoms with van der Waals surface area (Å²) in [4.78, 5) is 4.71. The first-order valence-corrected chi connectivity index (χ1v) is 5.97. The van der Waals surface area contributed by atoms with Gasteiger partial charge >= 0.3 is 0 Å². The second kappa shape index (κ2) is 3.08. The number of imidazole rings is 1. The van der Waals surface area contributed by atoms with Gasteiger partial charge in [-0.05, 0) is 32.6 Å². The molecular formula is C12H18N2O. The first-order chi connectivity index (χ1) is 7.22. The van der Waals surface area contributed by atoms with Gasteiger partial charge < -0.3 is 9.67 Å². The van der Waals surface area contributed by atoms with Crippen LogP contribution in [-0.2, 0) is 18.4 Å². The maximum atomic E-state index is 9.81. The molecule has 2 aliphatic rings. The lowest BCUT2D eigenvalue weighted by Gasteiger charge is -2.15. The number of aromatic nitrogens is 2. The van der Waals surface area contributed by atoms with Gasteiger partial charge in [0.2, 0.25) is 0 Å². The third-order valence-corrected chi connectivity index (χ3v) is 4.01. The van der Waals surface area contributed by atoms with Gasteiger partial charge in [-0.1, -0.05) is 0 Å². The molecule has 15 heavy (non-hydrogen) atoms. The van der Waals surface area contributed by atoms with Gasteiger partial charge in [-0.25, -0.2) is 4.98 Å². The van der Waals surface area contributed by atoms with Gasteiger partial charge in [0.15, 0.2) is 0 Å². The van der Waals surface area contributed by atoms with Crippen LogP contribution < -0.4 is 0 Å². The van der Waals surface area contributed by atoms with Crippen LogP contribution in [0.1, 0.15) is 44.1 Å². The Morgan fingerprint density at radius 1 is 1.47 bits per heavy atom. The Morgan fingerprint density at radius 2 is 2.27 bits per heavy atom. The SMILES string of the molecule is CC(O)C1(c2cn3c(n2)CCCC3)CC1. The Hall–Kier alpha value is -0.830. The molecule has 1 saturated carbocycles. The molecule has 0 amide bonds. The van der Waals surface area contributed by atoms with Crippen molar-refractivity contribution in [1.82, 2.24) is 9.55 Å². The normalized spacial score (nSPS) is 24.7. The lowest BCUT2D eigenvalue weighted by Crippen LogP contribution is -2.22. The molecule has 0 saturated heterocycles. The second-order valence-corrected chi connectivity index (χ2v) is 5.02. The molecule has 1 unspecified atom stereocenters. The first-order valence-electron chi connectivity index (χ1n) is 5.97. The third kappa shape index (κ3) is 1.33. The molecule has 1 atom stereocenters. The van der Waals surface area contributed by atoms with Gasteiger partial charge in [-0.15, -0.1) is 0 Å². The van der Waals surface area contributed by atoms with E-state index in [0.29, 0.717) is 0 Å². The van der Waals surface area contributed by atoms with Gasteiger partial charge in [0.25, 0.3) is 0 Å². The molecule has 1 aliphatic heterocycles. The van der Waals surface area contributed by atoms with Gasteiger partial charge in [-0.2, -0.15) is 0 Å². The molecule has 1 aromatic heterocycles. The molecule has 1 N–H and O–H groups in total. The fourth-order valence-electron chi connectivity index (χ4n) is 2.68. The monoisotopic (exact) mass is 206 g/mol. The average Bonchev–Trinajstić information content (AvgIpc) is 2.93. The number of hydrogen-bond donors (Lipinski definition) is 1. The Labute approximate surface area is 90.1 Å². The highest BCUT2D eigenvalue weighted by molar-refractivity contribution is 5.26. The van der Waals surface area contributed by atoms with E-state index in [0.717, 1.165) is 31.5 Å². The van der Waals surface area contributed by atoms with Crippen molar-refractivity contribution < 1.29 is 5.11 Å². The second-order valence-electron chi connectivity index (χ2n) is 5.02. The van der Waals surface area contributed by atoms with E-state index in [1.54, 1.807) is 0 Å². The van der Waals surface area contributed by atoms with Crippen LogP contribution in [0.25, 0.3) is 0 Å². The highest BCUT2D eigenvalue weighted by Gasteiger charge is 2.50. The fourth-order valence-corrected chi connectivity index (χ4v) is 2.68. The molecule has 3 nitrogen and oxygen atoms in total. The smallest absolute Gasteiger partial charge is 0.108 e. The number of nitrogens with zero attached hydrogens (tertiary/aromatic N) is 2. The lowest BCUT2D eigenvalue weighted by molar-refractivity contribution is 0.149. The van der Waals surface area contributed by atoms with Crippen LogP contribution in [0.5, 0.6) is 0 Å². The summed E-state index contributed by atoms with van der Waals surface area (Å²) in [5, 5.41) is 9.81. The summed E-state index contributed by atoms with van der Waals surface area (Å²) >= 11 is 0. The maximum Gasteiger partial charge on any atom is 0.108 e. The minimum atomic E-state index is -0.255. The Bertz CT molecular complexity index is 353. The molecule has 1 aliphatic carbocycles. The molecular weight excluding hydrogens is 188 g/mol. The van der Waals surface area contributed by atoms with E-state index in [9.17, 15) is 5.11 Å². The number of rotatable bonds is 2. The Kier molecular flexibility index (Phi) is 1.93. The summed E-state index contributed by atoms with van der Waals surface area (Å²) in [5.74, 6) is 1.23. The van der Waals surface area contributed by atoms with Crippen molar-refractivity contribution in [3.63, 3.8) is 0 Å². The zero-order valence-electron chi connectivity index (χ0n) is 9.24.